The summed E-state index contributed by atoms with van der Waals surface area (Å²) in [5, 5.41) is 3.06. The Labute approximate surface area is 182 Å². The second kappa shape index (κ2) is 9.20. The smallest absolute Gasteiger partial charge is 0.258 e. The molecule has 1 fully saturated rings. The first-order valence-corrected chi connectivity index (χ1v) is 10.7. The number of para-hydroxylation sites is 2. The van der Waals surface area contributed by atoms with Crippen molar-refractivity contribution in [3.05, 3.63) is 48.0 Å². The first kappa shape index (κ1) is 20.9. The molecule has 1 N–H and O–H groups in total. The van der Waals surface area contributed by atoms with Gasteiger partial charge in [-0.3, -0.25) is 4.79 Å². The van der Waals surface area contributed by atoms with Gasteiger partial charge in [-0.2, -0.15) is 0 Å². The molecule has 1 aromatic heterocycles. The summed E-state index contributed by atoms with van der Waals surface area (Å²) < 4.78 is 11.2. The molecule has 7 heteroatoms. The number of piperidine rings is 1. The van der Waals surface area contributed by atoms with Crippen LogP contribution in [0, 0.1) is 12.8 Å². The Hall–Kier alpha value is -3.35. The van der Waals surface area contributed by atoms with E-state index in [0.29, 0.717) is 36.3 Å². The molecule has 7 nitrogen and oxygen atoms in total. The summed E-state index contributed by atoms with van der Waals surface area (Å²) in [6, 6.07) is 13.5. The number of anilines is 2. The van der Waals surface area contributed by atoms with Crippen molar-refractivity contribution in [2.45, 2.75) is 26.7 Å². The molecule has 0 aliphatic carbocycles. The van der Waals surface area contributed by atoms with Gasteiger partial charge in [0.15, 0.2) is 5.82 Å². The summed E-state index contributed by atoms with van der Waals surface area (Å²) in [7, 11) is 1.61. The van der Waals surface area contributed by atoms with Gasteiger partial charge in [0.2, 0.25) is 5.91 Å². The predicted molar refractivity (Wildman–Crippen MR) is 122 cm³/mol. The van der Waals surface area contributed by atoms with Crippen molar-refractivity contribution >= 4 is 28.4 Å². The monoisotopic (exact) mass is 420 g/mol. The van der Waals surface area contributed by atoms with Gasteiger partial charge in [0, 0.05) is 13.1 Å². The zero-order valence-electron chi connectivity index (χ0n) is 18.2. The average molecular weight is 421 g/mol. The van der Waals surface area contributed by atoms with Crippen LogP contribution in [0.3, 0.4) is 0 Å². The van der Waals surface area contributed by atoms with E-state index in [1.54, 1.807) is 7.11 Å². The van der Waals surface area contributed by atoms with Crippen molar-refractivity contribution in [2.75, 3.05) is 37.0 Å². The van der Waals surface area contributed by atoms with Crippen LogP contribution >= 0.6 is 0 Å². The highest BCUT2D eigenvalue weighted by Gasteiger charge is 2.29. The maximum atomic E-state index is 13.1. The SMILES string of the molecule is CCOc1nc2ccccc2nc1N1CCC[C@@H](C(=O)Nc2cc(C)ccc2OC)C1. The highest BCUT2D eigenvalue weighted by Crippen LogP contribution is 2.32. The highest BCUT2D eigenvalue weighted by molar-refractivity contribution is 5.94. The van der Waals surface area contributed by atoms with Gasteiger partial charge in [-0.25, -0.2) is 9.97 Å². The van der Waals surface area contributed by atoms with Gasteiger partial charge < -0.3 is 19.7 Å². The standard InChI is InChI=1S/C24H28N4O3/c1-4-31-24-22(25-18-9-5-6-10-19(18)27-24)28-13-7-8-17(15-28)23(29)26-20-14-16(2)11-12-21(20)30-3/h5-6,9-12,14,17H,4,7-8,13,15H2,1-3H3,(H,26,29)/t17-/m1/s1. The second-order valence-corrected chi connectivity index (χ2v) is 7.75. The van der Waals surface area contributed by atoms with Gasteiger partial charge in [-0.05, 0) is 56.5 Å². The van der Waals surface area contributed by atoms with E-state index < -0.39 is 0 Å². The van der Waals surface area contributed by atoms with E-state index in [-0.39, 0.29) is 11.8 Å². The first-order chi connectivity index (χ1) is 15.1. The van der Waals surface area contributed by atoms with Crippen LogP contribution in [0.2, 0.25) is 0 Å². The number of methoxy groups -OCH3 is 1. The summed E-state index contributed by atoms with van der Waals surface area (Å²) in [6.45, 7) is 5.80. The van der Waals surface area contributed by atoms with Crippen molar-refractivity contribution in [3.8, 4) is 11.6 Å². The van der Waals surface area contributed by atoms with Crippen molar-refractivity contribution in [1.29, 1.82) is 0 Å². The summed E-state index contributed by atoms with van der Waals surface area (Å²) in [5.74, 6) is 1.70. The van der Waals surface area contributed by atoms with Crippen LogP contribution in [0.25, 0.3) is 11.0 Å². The zero-order valence-corrected chi connectivity index (χ0v) is 18.2. The minimum atomic E-state index is -0.165. The fraction of sp³-hybridized carbons (Fsp3) is 0.375. The number of hydrogen-bond donors (Lipinski definition) is 1. The number of hydrogen-bond acceptors (Lipinski definition) is 6. The first-order valence-electron chi connectivity index (χ1n) is 10.7. The minimum absolute atomic E-state index is 0.0136. The summed E-state index contributed by atoms with van der Waals surface area (Å²) >= 11 is 0. The van der Waals surface area contributed by atoms with Crippen LogP contribution in [0.4, 0.5) is 11.5 Å². The Morgan fingerprint density at radius 2 is 1.97 bits per heavy atom. The molecule has 2 heterocycles. The highest BCUT2D eigenvalue weighted by atomic mass is 16.5. The number of aromatic nitrogens is 2. The normalized spacial score (nSPS) is 16.2. The molecule has 0 bridgehead atoms. The Morgan fingerprint density at radius 3 is 2.71 bits per heavy atom. The molecule has 1 aliphatic heterocycles. The fourth-order valence-electron chi connectivity index (χ4n) is 3.95. The minimum Gasteiger partial charge on any atom is -0.495 e. The molecule has 162 valence electrons. The molecule has 2 aromatic carbocycles. The van der Waals surface area contributed by atoms with Crippen LogP contribution in [-0.4, -0.2) is 42.7 Å². The number of rotatable bonds is 6. The summed E-state index contributed by atoms with van der Waals surface area (Å²) in [6.07, 6.45) is 1.71. The van der Waals surface area contributed by atoms with Gasteiger partial charge in [0.1, 0.15) is 5.75 Å². The van der Waals surface area contributed by atoms with E-state index in [4.69, 9.17) is 14.5 Å². The van der Waals surface area contributed by atoms with Crippen molar-refractivity contribution in [1.82, 2.24) is 9.97 Å². The second-order valence-electron chi connectivity index (χ2n) is 7.75. The number of carbonyl (C=O) groups is 1. The lowest BCUT2D eigenvalue weighted by molar-refractivity contribution is -0.120. The molecule has 3 aromatic rings. The van der Waals surface area contributed by atoms with Gasteiger partial charge in [0.25, 0.3) is 5.88 Å². The molecule has 4 rings (SSSR count). The molecule has 0 radical (unpaired) electrons. The maximum Gasteiger partial charge on any atom is 0.258 e. The number of amides is 1. The molecular formula is C24H28N4O3. The third-order valence-electron chi connectivity index (χ3n) is 5.51. The van der Waals surface area contributed by atoms with Gasteiger partial charge in [0.05, 0.1) is 36.4 Å². The van der Waals surface area contributed by atoms with Crippen LogP contribution in [0.15, 0.2) is 42.5 Å². The summed E-state index contributed by atoms with van der Waals surface area (Å²) in [5.41, 5.74) is 3.38. The number of nitrogens with one attached hydrogen (secondary N) is 1. The molecule has 0 unspecified atom stereocenters. The molecule has 1 aliphatic rings. The number of benzene rings is 2. The number of carbonyl (C=O) groups excluding carboxylic acids is 1. The third-order valence-corrected chi connectivity index (χ3v) is 5.51. The van der Waals surface area contributed by atoms with E-state index in [1.807, 2.05) is 56.3 Å². The predicted octanol–water partition coefficient (Wildman–Crippen LogP) is 4.20. The molecule has 1 atom stereocenters. The zero-order chi connectivity index (χ0) is 21.8. The average Bonchev–Trinajstić information content (AvgIpc) is 2.79. The molecule has 0 saturated carbocycles. The Kier molecular flexibility index (Phi) is 6.21. The third kappa shape index (κ3) is 4.55. The molecule has 1 saturated heterocycles. The molecular weight excluding hydrogens is 392 g/mol. The number of ether oxygens (including phenoxy) is 2. The molecule has 1 amide bonds. The van der Waals surface area contributed by atoms with Gasteiger partial charge in [-0.1, -0.05) is 18.2 Å². The quantitative estimate of drug-likeness (QED) is 0.644. The van der Waals surface area contributed by atoms with E-state index >= 15 is 0 Å². The van der Waals surface area contributed by atoms with Crippen LogP contribution in [-0.2, 0) is 4.79 Å². The van der Waals surface area contributed by atoms with Gasteiger partial charge in [-0.15, -0.1) is 0 Å². The lowest BCUT2D eigenvalue weighted by atomic mass is 9.97. The van der Waals surface area contributed by atoms with Crippen LogP contribution in [0.5, 0.6) is 11.6 Å². The maximum absolute atomic E-state index is 13.1. The number of aryl methyl sites for hydroxylation is 1. The van der Waals surface area contributed by atoms with Gasteiger partial charge >= 0.3 is 0 Å². The Balaban J connectivity index is 1.57. The van der Waals surface area contributed by atoms with E-state index in [9.17, 15) is 4.79 Å². The topological polar surface area (TPSA) is 76.6 Å². The Bertz CT molecular complexity index is 1090. The molecule has 31 heavy (non-hydrogen) atoms. The molecule has 0 spiro atoms. The number of nitrogens with zero attached hydrogens (tertiary/aromatic N) is 3. The largest absolute Gasteiger partial charge is 0.495 e. The van der Waals surface area contributed by atoms with E-state index in [2.05, 4.69) is 15.2 Å². The van der Waals surface area contributed by atoms with Crippen LogP contribution in [0.1, 0.15) is 25.3 Å². The number of fused-ring (bicyclic) bond motifs is 1. The van der Waals surface area contributed by atoms with Crippen molar-refractivity contribution in [2.24, 2.45) is 5.92 Å². The van der Waals surface area contributed by atoms with Crippen molar-refractivity contribution < 1.29 is 14.3 Å². The van der Waals surface area contributed by atoms with E-state index in [0.717, 1.165) is 36.0 Å². The summed E-state index contributed by atoms with van der Waals surface area (Å²) in [4.78, 5) is 24.7. The lowest BCUT2D eigenvalue weighted by Crippen LogP contribution is -2.41. The van der Waals surface area contributed by atoms with Crippen LogP contribution < -0.4 is 19.7 Å². The lowest BCUT2D eigenvalue weighted by Gasteiger charge is -2.33. The van der Waals surface area contributed by atoms with E-state index in [1.165, 1.54) is 0 Å². The Morgan fingerprint density at radius 1 is 1.19 bits per heavy atom. The fourth-order valence-corrected chi connectivity index (χ4v) is 3.95. The van der Waals surface area contributed by atoms with Crippen molar-refractivity contribution in [3.63, 3.8) is 0 Å².